The minimum atomic E-state index is -3.54. The molecule has 7 heteroatoms. The highest BCUT2D eigenvalue weighted by Crippen LogP contribution is 2.10. The number of morpholine rings is 1. The number of nitriles is 1. The molecular weight excluding hydrogens is 266 g/mol. The van der Waals surface area contributed by atoms with Gasteiger partial charge in [-0.2, -0.15) is 5.26 Å². The number of ether oxygens (including phenoxy) is 1. The molecule has 0 spiro atoms. The van der Waals surface area contributed by atoms with Crippen LogP contribution in [0.4, 0.5) is 0 Å². The van der Waals surface area contributed by atoms with Crippen molar-refractivity contribution in [3.8, 4) is 6.07 Å². The van der Waals surface area contributed by atoms with Crippen molar-refractivity contribution in [2.24, 2.45) is 0 Å². The van der Waals surface area contributed by atoms with Gasteiger partial charge in [-0.15, -0.1) is 0 Å². The molecule has 19 heavy (non-hydrogen) atoms. The van der Waals surface area contributed by atoms with Gasteiger partial charge in [0.15, 0.2) is 0 Å². The zero-order chi connectivity index (χ0) is 13.7. The van der Waals surface area contributed by atoms with E-state index < -0.39 is 10.0 Å². The monoisotopic (exact) mass is 281 g/mol. The Bertz CT molecular complexity index is 557. The van der Waals surface area contributed by atoms with Crippen LogP contribution in [0.2, 0.25) is 0 Å². The number of hydrogen-bond donors (Lipinski definition) is 2. The fraction of sp³-hybridized carbons (Fsp3) is 0.417. The third-order valence-electron chi connectivity index (χ3n) is 2.81. The fourth-order valence-corrected chi connectivity index (χ4v) is 2.83. The first-order valence-electron chi connectivity index (χ1n) is 5.93. The van der Waals surface area contributed by atoms with Gasteiger partial charge in [-0.25, -0.2) is 13.1 Å². The van der Waals surface area contributed by atoms with E-state index in [0.29, 0.717) is 18.8 Å². The van der Waals surface area contributed by atoms with Gasteiger partial charge in [0.05, 0.1) is 29.7 Å². The fourth-order valence-electron chi connectivity index (χ4n) is 1.75. The molecule has 0 saturated carbocycles. The molecule has 1 saturated heterocycles. The Hall–Kier alpha value is -1.46. The molecule has 0 bridgehead atoms. The summed E-state index contributed by atoms with van der Waals surface area (Å²) in [7, 11) is -3.54. The molecule has 2 N–H and O–H groups in total. The molecule has 0 radical (unpaired) electrons. The second-order valence-electron chi connectivity index (χ2n) is 4.21. The highest BCUT2D eigenvalue weighted by molar-refractivity contribution is 7.89. The van der Waals surface area contributed by atoms with Crippen molar-refractivity contribution in [3.05, 3.63) is 29.8 Å². The molecular formula is C12H15N3O3S. The highest BCUT2D eigenvalue weighted by Gasteiger charge is 2.18. The van der Waals surface area contributed by atoms with Crippen LogP contribution in [0.15, 0.2) is 29.2 Å². The van der Waals surface area contributed by atoms with Crippen LogP contribution in [0.3, 0.4) is 0 Å². The second kappa shape index (κ2) is 6.12. The molecule has 1 fully saturated rings. The van der Waals surface area contributed by atoms with E-state index in [4.69, 9.17) is 10.00 Å². The summed E-state index contributed by atoms with van der Waals surface area (Å²) in [6.07, 6.45) is 0. The Morgan fingerprint density at radius 2 is 2.16 bits per heavy atom. The molecule has 0 aromatic heterocycles. The van der Waals surface area contributed by atoms with E-state index in [0.717, 1.165) is 6.54 Å². The summed E-state index contributed by atoms with van der Waals surface area (Å²) in [5.41, 5.74) is 0.432. The number of hydrogen-bond acceptors (Lipinski definition) is 5. The van der Waals surface area contributed by atoms with Crippen LogP contribution >= 0.6 is 0 Å². The first-order chi connectivity index (χ1) is 9.12. The maximum Gasteiger partial charge on any atom is 0.240 e. The summed E-state index contributed by atoms with van der Waals surface area (Å²) in [4.78, 5) is 0.156. The number of nitrogens with zero attached hydrogens (tertiary/aromatic N) is 1. The van der Waals surface area contributed by atoms with Crippen LogP contribution in [0.25, 0.3) is 0 Å². The van der Waals surface area contributed by atoms with E-state index in [1.807, 2.05) is 6.07 Å². The Morgan fingerprint density at radius 3 is 2.74 bits per heavy atom. The third kappa shape index (κ3) is 3.75. The standard InChI is InChI=1S/C12H15N3O3S/c13-7-10-1-3-12(4-2-10)19(16,17)15-8-11-9-18-6-5-14-11/h1-4,11,14-15H,5-6,8-9H2. The summed E-state index contributed by atoms with van der Waals surface area (Å²) < 4.78 is 31.8. The van der Waals surface area contributed by atoms with Gasteiger partial charge in [0.2, 0.25) is 10.0 Å². The summed E-state index contributed by atoms with van der Waals surface area (Å²) in [5, 5.41) is 11.8. The smallest absolute Gasteiger partial charge is 0.240 e. The normalized spacial score (nSPS) is 19.8. The van der Waals surface area contributed by atoms with Crippen molar-refractivity contribution in [2.75, 3.05) is 26.3 Å². The average molecular weight is 281 g/mol. The van der Waals surface area contributed by atoms with Crippen LogP contribution in [0.5, 0.6) is 0 Å². The zero-order valence-electron chi connectivity index (χ0n) is 10.3. The van der Waals surface area contributed by atoms with Crippen LogP contribution in [-0.4, -0.2) is 40.8 Å². The molecule has 2 rings (SSSR count). The minimum Gasteiger partial charge on any atom is -0.378 e. The van der Waals surface area contributed by atoms with Crippen molar-refractivity contribution >= 4 is 10.0 Å². The SMILES string of the molecule is N#Cc1ccc(S(=O)(=O)NCC2COCCN2)cc1. The number of benzene rings is 1. The topological polar surface area (TPSA) is 91.2 Å². The van der Waals surface area contributed by atoms with Gasteiger partial charge in [-0.05, 0) is 24.3 Å². The second-order valence-corrected chi connectivity index (χ2v) is 5.98. The Balaban J connectivity index is 1.99. The van der Waals surface area contributed by atoms with Crippen molar-refractivity contribution in [2.45, 2.75) is 10.9 Å². The Morgan fingerprint density at radius 1 is 1.42 bits per heavy atom. The molecule has 1 aliphatic heterocycles. The van der Waals surface area contributed by atoms with Crippen LogP contribution in [0.1, 0.15) is 5.56 Å². The van der Waals surface area contributed by atoms with Crippen molar-refractivity contribution in [3.63, 3.8) is 0 Å². The summed E-state index contributed by atoms with van der Waals surface area (Å²) >= 11 is 0. The highest BCUT2D eigenvalue weighted by atomic mass is 32.2. The van der Waals surface area contributed by atoms with Crippen LogP contribution < -0.4 is 10.0 Å². The van der Waals surface area contributed by atoms with Crippen molar-refractivity contribution < 1.29 is 13.2 Å². The average Bonchev–Trinajstić information content (AvgIpc) is 2.46. The molecule has 102 valence electrons. The van der Waals surface area contributed by atoms with Gasteiger partial charge in [0.25, 0.3) is 0 Å². The predicted octanol–water partition coefficient (Wildman–Crippen LogP) is -0.175. The van der Waals surface area contributed by atoms with Gasteiger partial charge >= 0.3 is 0 Å². The molecule has 1 unspecified atom stereocenters. The quantitative estimate of drug-likeness (QED) is 0.799. The van der Waals surface area contributed by atoms with E-state index in [2.05, 4.69) is 10.0 Å². The molecule has 1 aliphatic rings. The number of sulfonamides is 1. The van der Waals surface area contributed by atoms with Gasteiger partial charge in [-0.1, -0.05) is 0 Å². The van der Waals surface area contributed by atoms with Crippen molar-refractivity contribution in [1.29, 1.82) is 5.26 Å². The molecule has 1 atom stereocenters. The van der Waals surface area contributed by atoms with E-state index in [1.54, 1.807) is 0 Å². The summed E-state index contributed by atoms with van der Waals surface area (Å²) in [6.45, 7) is 2.15. The van der Waals surface area contributed by atoms with Crippen molar-refractivity contribution in [1.82, 2.24) is 10.0 Å². The van der Waals surface area contributed by atoms with Gasteiger partial charge in [0.1, 0.15) is 0 Å². The summed E-state index contributed by atoms with van der Waals surface area (Å²) in [5.74, 6) is 0. The maximum atomic E-state index is 12.0. The molecule has 1 aromatic rings. The molecule has 1 heterocycles. The van der Waals surface area contributed by atoms with Gasteiger partial charge in [-0.3, -0.25) is 0 Å². The minimum absolute atomic E-state index is 0.0121. The Labute approximate surface area is 112 Å². The van der Waals surface area contributed by atoms with E-state index in [1.165, 1.54) is 24.3 Å². The van der Waals surface area contributed by atoms with E-state index >= 15 is 0 Å². The Kier molecular flexibility index (Phi) is 4.50. The first kappa shape index (κ1) is 14.0. The van der Waals surface area contributed by atoms with Crippen LogP contribution in [-0.2, 0) is 14.8 Å². The molecule has 6 nitrogen and oxygen atoms in total. The molecule has 1 aromatic carbocycles. The lowest BCUT2D eigenvalue weighted by molar-refractivity contribution is 0.0784. The van der Waals surface area contributed by atoms with E-state index in [-0.39, 0.29) is 17.5 Å². The largest absolute Gasteiger partial charge is 0.378 e. The summed E-state index contributed by atoms with van der Waals surface area (Å²) in [6, 6.07) is 7.75. The van der Waals surface area contributed by atoms with Crippen LogP contribution in [0, 0.1) is 11.3 Å². The van der Waals surface area contributed by atoms with Gasteiger partial charge < -0.3 is 10.1 Å². The zero-order valence-corrected chi connectivity index (χ0v) is 11.1. The molecule has 0 amide bonds. The lowest BCUT2D eigenvalue weighted by atomic mass is 10.2. The number of rotatable bonds is 4. The first-order valence-corrected chi connectivity index (χ1v) is 7.41. The molecule has 0 aliphatic carbocycles. The number of nitrogens with one attached hydrogen (secondary N) is 2. The lowest BCUT2D eigenvalue weighted by Crippen LogP contribution is -2.48. The van der Waals surface area contributed by atoms with Gasteiger partial charge in [0, 0.05) is 19.1 Å². The lowest BCUT2D eigenvalue weighted by Gasteiger charge is -2.23. The van der Waals surface area contributed by atoms with E-state index in [9.17, 15) is 8.42 Å². The third-order valence-corrected chi connectivity index (χ3v) is 4.25. The predicted molar refractivity (Wildman–Crippen MR) is 69.0 cm³/mol. The maximum absolute atomic E-state index is 12.0.